The fraction of sp³-hybridized carbons (Fsp3) is 0.446. The molecule has 0 spiro atoms. The summed E-state index contributed by atoms with van der Waals surface area (Å²) in [6.45, 7) is 31.7. The molecule has 0 unspecified atom stereocenters. The quantitative estimate of drug-likeness (QED) is 0.122. The predicted octanol–water partition coefficient (Wildman–Crippen LogP) is 17.2. The summed E-state index contributed by atoms with van der Waals surface area (Å²) in [5.74, 6) is 0. The van der Waals surface area contributed by atoms with Crippen LogP contribution in [-0.4, -0.2) is 7.28 Å². The first-order chi connectivity index (χ1) is 32.6. The van der Waals surface area contributed by atoms with E-state index in [-0.39, 0.29) is 32.5 Å². The van der Waals surface area contributed by atoms with Gasteiger partial charge in [0.2, 0.25) is 0 Å². The number of unbranched alkanes of at least 4 members (excludes halogenated alkanes) is 2. The first kappa shape index (κ1) is 46.2. The van der Waals surface area contributed by atoms with E-state index in [4.69, 9.17) is 4.42 Å². The standard InChI is InChI=1S/C65H76BN2O/c1-14-15-16-19-40-34-45(57-53(27-24-44-43-20-17-18-21-56(43)69-59(44)57)67-41-22-25-46-48(36-41)62(6,7)30-28-60(46,2)3)58-55(35-40)68(42-23-26-47-49(37-42)63(8,9)31-29-61(47,4)5)54-39-51-50(38-52(54)66-58)64(10,11)32-33-65(51,12)13/h17-18,20-27,34-39,67H,14-16,19,28-33H2,1-13H3. The smallest absolute Gasteiger partial charge is 0.197 e. The summed E-state index contributed by atoms with van der Waals surface area (Å²) in [5, 5.41) is 6.39. The van der Waals surface area contributed by atoms with Crippen LogP contribution in [0.4, 0.5) is 28.4 Å². The normalized spacial score (nSPS) is 19.8. The Bertz CT molecular complexity index is 3210. The van der Waals surface area contributed by atoms with E-state index in [9.17, 15) is 0 Å². The van der Waals surface area contributed by atoms with Crippen LogP contribution < -0.4 is 21.1 Å². The molecular formula is C65H76BN2O. The molecular weight excluding hydrogens is 836 g/mol. The molecule has 3 nitrogen and oxygen atoms in total. The van der Waals surface area contributed by atoms with Crippen molar-refractivity contribution in [2.75, 3.05) is 10.2 Å². The molecule has 1 N–H and O–H groups in total. The highest BCUT2D eigenvalue weighted by atomic mass is 16.3. The van der Waals surface area contributed by atoms with E-state index in [1.165, 1.54) is 124 Å². The van der Waals surface area contributed by atoms with Gasteiger partial charge in [0.1, 0.15) is 11.2 Å². The molecule has 11 rings (SSSR count). The number of benzene rings is 6. The van der Waals surface area contributed by atoms with Crippen LogP contribution in [-0.2, 0) is 38.9 Å². The predicted molar refractivity (Wildman–Crippen MR) is 298 cm³/mol. The van der Waals surface area contributed by atoms with Crippen molar-refractivity contribution in [3.8, 4) is 11.1 Å². The summed E-state index contributed by atoms with van der Waals surface area (Å²) < 4.78 is 7.14. The van der Waals surface area contributed by atoms with E-state index in [0.717, 1.165) is 51.7 Å². The number of para-hydroxylation sites is 1. The number of nitrogens with zero attached hydrogens (tertiary/aromatic N) is 1. The van der Waals surface area contributed by atoms with Crippen LogP contribution >= 0.6 is 0 Å². The lowest BCUT2D eigenvalue weighted by Crippen LogP contribution is -2.44. The van der Waals surface area contributed by atoms with Crippen molar-refractivity contribution in [3.05, 3.63) is 136 Å². The number of hydrogen-bond donors (Lipinski definition) is 1. The fourth-order valence-corrected chi connectivity index (χ4v) is 13.2. The zero-order valence-corrected chi connectivity index (χ0v) is 44.2. The molecule has 0 bridgehead atoms. The second-order valence-electron chi connectivity index (χ2n) is 25.9. The van der Waals surface area contributed by atoms with Crippen molar-refractivity contribution in [2.24, 2.45) is 0 Å². The minimum Gasteiger partial charge on any atom is -0.455 e. The van der Waals surface area contributed by atoms with Gasteiger partial charge in [-0.25, -0.2) is 0 Å². The Labute approximate surface area is 415 Å². The van der Waals surface area contributed by atoms with Crippen molar-refractivity contribution in [1.29, 1.82) is 0 Å². The highest BCUT2D eigenvalue weighted by Gasteiger charge is 2.42. The number of nitrogens with one attached hydrogen (secondary N) is 1. The fourth-order valence-electron chi connectivity index (χ4n) is 13.2. The molecule has 1 aromatic heterocycles. The molecule has 2 heterocycles. The molecule has 1 radical (unpaired) electrons. The van der Waals surface area contributed by atoms with Gasteiger partial charge in [0.25, 0.3) is 0 Å². The van der Waals surface area contributed by atoms with E-state index < -0.39 is 0 Å². The topological polar surface area (TPSA) is 28.4 Å². The average Bonchev–Trinajstić information content (AvgIpc) is 3.68. The third-order valence-electron chi connectivity index (χ3n) is 18.1. The SMILES string of the molecule is CCCCCc1cc(-c2c(Nc3ccc4c(c3)C(C)(C)CCC4(C)C)ccc3c2oc2ccccc23)c2c(c1)N(c1ccc3c(c1)C(C)(C)CCC3(C)C)c1cc3c(cc1[B]2)C(C)(C)CCC3(C)C. The zero-order valence-electron chi connectivity index (χ0n) is 44.2. The van der Waals surface area contributed by atoms with Gasteiger partial charge in [-0.05, 0) is 188 Å². The van der Waals surface area contributed by atoms with Gasteiger partial charge < -0.3 is 14.6 Å². The van der Waals surface area contributed by atoms with Gasteiger partial charge in [0, 0.05) is 39.1 Å². The molecule has 0 amide bonds. The highest BCUT2D eigenvalue weighted by Crippen LogP contribution is 2.53. The Hall–Kier alpha value is -5.22. The van der Waals surface area contributed by atoms with Crippen molar-refractivity contribution < 1.29 is 4.42 Å². The number of rotatable bonds is 8. The lowest BCUT2D eigenvalue weighted by molar-refractivity contribution is 0.332. The number of anilines is 5. The van der Waals surface area contributed by atoms with Crippen LogP contribution in [0.1, 0.15) is 187 Å². The first-order valence-electron chi connectivity index (χ1n) is 26.6. The number of furan rings is 1. The van der Waals surface area contributed by atoms with Crippen molar-refractivity contribution in [3.63, 3.8) is 0 Å². The third kappa shape index (κ3) is 7.59. The largest absolute Gasteiger partial charge is 0.455 e. The van der Waals surface area contributed by atoms with Gasteiger partial charge >= 0.3 is 0 Å². The van der Waals surface area contributed by atoms with E-state index >= 15 is 0 Å². The number of aryl methyl sites for hydroxylation is 1. The molecule has 3 aliphatic carbocycles. The molecule has 355 valence electrons. The van der Waals surface area contributed by atoms with Crippen LogP contribution in [0.2, 0.25) is 0 Å². The molecule has 4 heteroatoms. The van der Waals surface area contributed by atoms with Crippen LogP contribution in [0.25, 0.3) is 33.1 Å². The van der Waals surface area contributed by atoms with Crippen LogP contribution in [0.3, 0.4) is 0 Å². The maximum absolute atomic E-state index is 7.14. The molecule has 6 aromatic carbocycles. The van der Waals surface area contributed by atoms with Crippen molar-refractivity contribution >= 4 is 68.6 Å². The van der Waals surface area contributed by atoms with Gasteiger partial charge in [-0.15, -0.1) is 0 Å². The van der Waals surface area contributed by atoms with Crippen molar-refractivity contribution in [1.82, 2.24) is 0 Å². The minimum atomic E-state index is 0.0695. The van der Waals surface area contributed by atoms with Crippen LogP contribution in [0.15, 0.2) is 101 Å². The molecule has 4 aliphatic rings. The summed E-state index contributed by atoms with van der Waals surface area (Å²) in [7, 11) is 2.55. The number of hydrogen-bond acceptors (Lipinski definition) is 3. The van der Waals surface area contributed by atoms with Crippen LogP contribution in [0.5, 0.6) is 0 Å². The molecule has 0 saturated heterocycles. The summed E-state index contributed by atoms with van der Waals surface area (Å²) in [6.07, 6.45) is 11.7. The lowest BCUT2D eigenvalue weighted by atomic mass is 9.55. The molecule has 0 fully saturated rings. The Morgan fingerprint density at radius 2 is 1.12 bits per heavy atom. The van der Waals surface area contributed by atoms with Gasteiger partial charge in [-0.1, -0.05) is 151 Å². The lowest BCUT2D eigenvalue weighted by Gasteiger charge is -2.45. The third-order valence-corrected chi connectivity index (χ3v) is 18.1. The summed E-state index contributed by atoms with van der Waals surface area (Å²) in [6, 6.07) is 38.2. The molecule has 0 atom stereocenters. The van der Waals surface area contributed by atoms with E-state index in [0.29, 0.717) is 0 Å². The van der Waals surface area contributed by atoms with Gasteiger partial charge in [-0.3, -0.25) is 0 Å². The Kier molecular flexibility index (Phi) is 10.6. The Morgan fingerprint density at radius 1 is 0.536 bits per heavy atom. The molecule has 7 aromatic rings. The maximum Gasteiger partial charge on any atom is 0.197 e. The van der Waals surface area contributed by atoms with E-state index in [1.807, 2.05) is 0 Å². The summed E-state index contributed by atoms with van der Waals surface area (Å²) in [5.41, 5.74) is 23.6. The summed E-state index contributed by atoms with van der Waals surface area (Å²) >= 11 is 0. The van der Waals surface area contributed by atoms with Gasteiger partial charge in [-0.2, -0.15) is 0 Å². The maximum atomic E-state index is 7.14. The average molecular weight is 912 g/mol. The minimum absolute atomic E-state index is 0.0695. The Balaban J connectivity index is 1.20. The van der Waals surface area contributed by atoms with Crippen molar-refractivity contribution in [2.45, 2.75) is 187 Å². The zero-order chi connectivity index (χ0) is 48.6. The van der Waals surface area contributed by atoms with E-state index in [1.54, 1.807) is 0 Å². The molecule has 0 saturated carbocycles. The Morgan fingerprint density at radius 3 is 1.77 bits per heavy atom. The molecule has 69 heavy (non-hydrogen) atoms. The number of fused-ring (bicyclic) bond motifs is 8. The monoisotopic (exact) mass is 912 g/mol. The first-order valence-corrected chi connectivity index (χ1v) is 26.6. The highest BCUT2D eigenvalue weighted by molar-refractivity contribution is 6.73. The van der Waals surface area contributed by atoms with E-state index in [2.05, 4.69) is 205 Å². The summed E-state index contributed by atoms with van der Waals surface area (Å²) in [4.78, 5) is 2.67. The second kappa shape index (κ2) is 15.9. The van der Waals surface area contributed by atoms with Gasteiger partial charge in [0.05, 0.1) is 5.69 Å². The second-order valence-corrected chi connectivity index (χ2v) is 25.9. The van der Waals surface area contributed by atoms with Crippen LogP contribution in [0, 0.1) is 0 Å². The molecule has 1 aliphatic heterocycles. The van der Waals surface area contributed by atoms with Gasteiger partial charge in [0.15, 0.2) is 7.28 Å².